The van der Waals surface area contributed by atoms with Gasteiger partial charge < -0.3 is 15.2 Å². The molecule has 1 aromatic heterocycles. The van der Waals surface area contributed by atoms with Crippen LogP contribution in [0, 0.1) is 0 Å². The predicted molar refractivity (Wildman–Crippen MR) is 61.0 cm³/mol. The topological polar surface area (TPSA) is 84.3 Å². The van der Waals surface area contributed by atoms with Crippen molar-refractivity contribution in [2.24, 2.45) is 0 Å². The molecule has 0 aromatic carbocycles. The second-order valence-electron chi connectivity index (χ2n) is 3.98. The zero-order chi connectivity index (χ0) is 12.1. The van der Waals surface area contributed by atoms with Gasteiger partial charge >= 0.3 is 5.97 Å². The molecule has 17 heavy (non-hydrogen) atoms. The molecule has 6 heteroatoms. The van der Waals surface area contributed by atoms with Gasteiger partial charge in [-0.15, -0.1) is 5.10 Å². The molecule has 1 fully saturated rings. The molecule has 1 saturated heterocycles. The average molecular weight is 237 g/mol. The van der Waals surface area contributed by atoms with Gasteiger partial charge in [0.05, 0.1) is 5.69 Å². The summed E-state index contributed by atoms with van der Waals surface area (Å²) in [6.45, 7) is 1.39. The molecule has 1 aliphatic heterocycles. The Bertz CT molecular complexity index is 374. The molecule has 1 aliphatic rings. The molecule has 1 aromatic rings. The molecule has 0 aliphatic carbocycles. The number of nitrogens with zero attached hydrogens (tertiary/aromatic N) is 2. The monoisotopic (exact) mass is 237 g/mol. The van der Waals surface area contributed by atoms with Crippen LogP contribution in [0.4, 0.5) is 5.82 Å². The zero-order valence-electron chi connectivity index (χ0n) is 9.43. The minimum Gasteiger partial charge on any atom is -0.480 e. The fourth-order valence-electron chi connectivity index (χ4n) is 1.81. The minimum absolute atomic E-state index is 0.148. The lowest BCUT2D eigenvalue weighted by Gasteiger charge is -2.20. The van der Waals surface area contributed by atoms with Gasteiger partial charge in [-0.25, -0.2) is 0 Å². The Morgan fingerprint density at radius 3 is 2.76 bits per heavy atom. The number of nitrogens with one attached hydrogen (secondary N) is 1. The van der Waals surface area contributed by atoms with Crippen LogP contribution in [0.1, 0.15) is 24.5 Å². The summed E-state index contributed by atoms with van der Waals surface area (Å²) >= 11 is 0. The van der Waals surface area contributed by atoms with Gasteiger partial charge in [0.1, 0.15) is 12.4 Å². The van der Waals surface area contributed by atoms with Crippen molar-refractivity contribution in [1.29, 1.82) is 0 Å². The molecule has 0 spiro atoms. The van der Waals surface area contributed by atoms with Crippen LogP contribution in [0.5, 0.6) is 0 Å². The van der Waals surface area contributed by atoms with E-state index in [2.05, 4.69) is 15.5 Å². The first-order valence-electron chi connectivity index (χ1n) is 5.63. The number of carboxylic acid groups (broad SMARTS) is 1. The maximum atomic E-state index is 10.4. The third-order valence-electron chi connectivity index (χ3n) is 2.75. The first-order chi connectivity index (χ1) is 8.25. The summed E-state index contributed by atoms with van der Waals surface area (Å²) in [6.07, 6.45) is 1.94. The van der Waals surface area contributed by atoms with Crippen molar-refractivity contribution in [2.45, 2.75) is 18.8 Å². The maximum absolute atomic E-state index is 10.4. The van der Waals surface area contributed by atoms with Gasteiger partial charge in [-0.05, 0) is 25.0 Å². The largest absolute Gasteiger partial charge is 0.480 e. The first kappa shape index (κ1) is 11.8. The fraction of sp³-hybridized carbons (Fsp3) is 0.545. The maximum Gasteiger partial charge on any atom is 0.322 e. The van der Waals surface area contributed by atoms with Crippen molar-refractivity contribution in [3.8, 4) is 0 Å². The second-order valence-corrected chi connectivity index (χ2v) is 3.98. The van der Waals surface area contributed by atoms with Crippen molar-refractivity contribution < 1.29 is 14.6 Å². The Morgan fingerprint density at radius 2 is 2.18 bits per heavy atom. The van der Waals surface area contributed by atoms with E-state index in [4.69, 9.17) is 9.84 Å². The molecule has 0 amide bonds. The number of carbonyl (C=O) groups is 1. The smallest absolute Gasteiger partial charge is 0.322 e. The SMILES string of the molecule is O=C(O)CNc1ccc(C2CCOCC2)nn1. The van der Waals surface area contributed by atoms with E-state index in [1.807, 2.05) is 6.07 Å². The van der Waals surface area contributed by atoms with Crippen molar-refractivity contribution in [3.05, 3.63) is 17.8 Å². The van der Waals surface area contributed by atoms with E-state index in [0.29, 0.717) is 11.7 Å². The van der Waals surface area contributed by atoms with E-state index in [-0.39, 0.29) is 6.54 Å². The first-order valence-corrected chi connectivity index (χ1v) is 5.63. The van der Waals surface area contributed by atoms with Crippen molar-refractivity contribution in [2.75, 3.05) is 25.1 Å². The standard InChI is InChI=1S/C11H15N3O3/c15-11(16)7-12-10-2-1-9(13-14-10)8-3-5-17-6-4-8/h1-2,8H,3-7H2,(H,12,14)(H,15,16). The molecule has 0 atom stereocenters. The number of carboxylic acids is 1. The highest BCUT2D eigenvalue weighted by molar-refractivity contribution is 5.72. The van der Waals surface area contributed by atoms with Gasteiger partial charge in [-0.1, -0.05) is 0 Å². The van der Waals surface area contributed by atoms with Crippen molar-refractivity contribution in [3.63, 3.8) is 0 Å². The van der Waals surface area contributed by atoms with Crippen LogP contribution >= 0.6 is 0 Å². The Morgan fingerprint density at radius 1 is 1.41 bits per heavy atom. The highest BCUT2D eigenvalue weighted by atomic mass is 16.5. The van der Waals surface area contributed by atoms with Gasteiger partial charge in [-0.3, -0.25) is 4.79 Å². The molecular formula is C11H15N3O3. The summed E-state index contributed by atoms with van der Waals surface area (Å²) in [5.74, 6) is -0.0201. The molecule has 0 unspecified atom stereocenters. The van der Waals surface area contributed by atoms with Crippen LogP contribution < -0.4 is 5.32 Å². The third-order valence-corrected chi connectivity index (χ3v) is 2.75. The molecule has 0 radical (unpaired) electrons. The number of hydrogen-bond acceptors (Lipinski definition) is 5. The summed E-state index contributed by atoms with van der Waals surface area (Å²) in [4.78, 5) is 10.4. The van der Waals surface area contributed by atoms with Gasteiger partial charge in [0, 0.05) is 19.1 Å². The summed E-state index contributed by atoms with van der Waals surface area (Å²) in [5.41, 5.74) is 0.953. The summed E-state index contributed by atoms with van der Waals surface area (Å²) in [6, 6.07) is 3.66. The van der Waals surface area contributed by atoms with Crippen LogP contribution in [-0.2, 0) is 9.53 Å². The van der Waals surface area contributed by atoms with Gasteiger partial charge in [0.15, 0.2) is 0 Å². The van der Waals surface area contributed by atoms with E-state index in [1.54, 1.807) is 6.07 Å². The Balaban J connectivity index is 1.94. The third kappa shape index (κ3) is 3.39. The second kappa shape index (κ2) is 5.58. The fourth-order valence-corrected chi connectivity index (χ4v) is 1.81. The van der Waals surface area contributed by atoms with E-state index in [1.165, 1.54) is 0 Å². The quantitative estimate of drug-likeness (QED) is 0.808. The summed E-state index contributed by atoms with van der Waals surface area (Å²) in [5, 5.41) is 19.3. The highest BCUT2D eigenvalue weighted by Crippen LogP contribution is 2.24. The molecule has 0 saturated carbocycles. The number of hydrogen-bond donors (Lipinski definition) is 2. The van der Waals surface area contributed by atoms with E-state index in [0.717, 1.165) is 31.7 Å². The normalized spacial score (nSPS) is 16.7. The molecule has 6 nitrogen and oxygen atoms in total. The number of aromatic nitrogens is 2. The molecule has 92 valence electrons. The lowest BCUT2D eigenvalue weighted by atomic mass is 9.96. The Hall–Kier alpha value is -1.69. The number of anilines is 1. The average Bonchev–Trinajstić information content (AvgIpc) is 2.38. The number of aliphatic carboxylic acids is 1. The molecule has 0 bridgehead atoms. The Kier molecular flexibility index (Phi) is 3.87. The molecular weight excluding hydrogens is 222 g/mol. The van der Waals surface area contributed by atoms with E-state index in [9.17, 15) is 4.79 Å². The van der Waals surface area contributed by atoms with Gasteiger partial charge in [0.2, 0.25) is 0 Å². The highest BCUT2D eigenvalue weighted by Gasteiger charge is 2.17. The van der Waals surface area contributed by atoms with Crippen LogP contribution in [0.25, 0.3) is 0 Å². The minimum atomic E-state index is -0.916. The number of ether oxygens (including phenoxy) is 1. The van der Waals surface area contributed by atoms with Crippen LogP contribution in [0.3, 0.4) is 0 Å². The van der Waals surface area contributed by atoms with Gasteiger partial charge in [-0.2, -0.15) is 5.10 Å². The van der Waals surface area contributed by atoms with Crippen LogP contribution in [-0.4, -0.2) is 41.0 Å². The Labute approximate surface area is 99.0 Å². The van der Waals surface area contributed by atoms with Gasteiger partial charge in [0.25, 0.3) is 0 Å². The zero-order valence-corrected chi connectivity index (χ0v) is 9.43. The van der Waals surface area contributed by atoms with E-state index >= 15 is 0 Å². The lowest BCUT2D eigenvalue weighted by molar-refractivity contribution is -0.134. The van der Waals surface area contributed by atoms with Crippen molar-refractivity contribution >= 4 is 11.8 Å². The predicted octanol–water partition coefficient (Wildman–Crippen LogP) is 0.867. The number of rotatable bonds is 4. The van der Waals surface area contributed by atoms with Crippen LogP contribution in [0.15, 0.2) is 12.1 Å². The molecule has 2 rings (SSSR count). The van der Waals surface area contributed by atoms with Crippen LogP contribution in [0.2, 0.25) is 0 Å². The molecule has 2 heterocycles. The lowest BCUT2D eigenvalue weighted by Crippen LogP contribution is -2.17. The molecule has 2 N–H and O–H groups in total. The van der Waals surface area contributed by atoms with Crippen molar-refractivity contribution in [1.82, 2.24) is 10.2 Å². The summed E-state index contributed by atoms with van der Waals surface area (Å²) in [7, 11) is 0. The summed E-state index contributed by atoms with van der Waals surface area (Å²) < 4.78 is 5.28. The van der Waals surface area contributed by atoms with E-state index < -0.39 is 5.97 Å².